The topological polar surface area (TPSA) is 41.1 Å². The summed E-state index contributed by atoms with van der Waals surface area (Å²) in [5.74, 6) is 0.117. The van der Waals surface area contributed by atoms with Crippen molar-refractivity contribution in [2.45, 2.75) is 45.1 Å². The molecule has 3 nitrogen and oxygen atoms in total. The molecule has 1 aliphatic rings. The number of rotatable bonds is 4. The Morgan fingerprint density at radius 2 is 2.11 bits per heavy atom. The third-order valence-corrected chi connectivity index (χ3v) is 3.47. The standard InChI is InChI=1S/C15H22N2O/c1-12-5-7-14(8-6-12)17-15(18)10-9-13-4-2-3-11-16-13/h5-8,13,16H,2-4,9-11H2,1H3,(H,17,18). The first kappa shape index (κ1) is 13.1. The Kier molecular flexibility index (Phi) is 4.76. The molecule has 1 aliphatic heterocycles. The molecule has 1 heterocycles. The summed E-state index contributed by atoms with van der Waals surface area (Å²) in [6.45, 7) is 3.14. The zero-order chi connectivity index (χ0) is 12.8. The van der Waals surface area contributed by atoms with Gasteiger partial charge in [0, 0.05) is 18.2 Å². The van der Waals surface area contributed by atoms with E-state index in [9.17, 15) is 4.79 Å². The summed E-state index contributed by atoms with van der Waals surface area (Å²) in [4.78, 5) is 11.8. The number of nitrogens with one attached hydrogen (secondary N) is 2. The summed E-state index contributed by atoms with van der Waals surface area (Å²) in [6, 6.07) is 8.46. The van der Waals surface area contributed by atoms with Crippen molar-refractivity contribution in [3.8, 4) is 0 Å². The Balaban J connectivity index is 1.73. The van der Waals surface area contributed by atoms with Crippen molar-refractivity contribution in [3.63, 3.8) is 0 Å². The van der Waals surface area contributed by atoms with E-state index in [1.165, 1.54) is 24.8 Å². The van der Waals surface area contributed by atoms with Crippen molar-refractivity contribution in [1.29, 1.82) is 0 Å². The van der Waals surface area contributed by atoms with E-state index in [-0.39, 0.29) is 5.91 Å². The molecule has 1 unspecified atom stereocenters. The van der Waals surface area contributed by atoms with Gasteiger partial charge in [0.1, 0.15) is 0 Å². The molecule has 0 aliphatic carbocycles. The molecule has 0 bridgehead atoms. The molecule has 3 heteroatoms. The van der Waals surface area contributed by atoms with E-state index < -0.39 is 0 Å². The minimum absolute atomic E-state index is 0.117. The minimum atomic E-state index is 0.117. The predicted octanol–water partition coefficient (Wildman–Crippen LogP) is 2.86. The van der Waals surface area contributed by atoms with Crippen LogP contribution in [0.15, 0.2) is 24.3 Å². The molecule has 1 amide bonds. The van der Waals surface area contributed by atoms with Crippen LogP contribution < -0.4 is 10.6 Å². The maximum Gasteiger partial charge on any atom is 0.224 e. The van der Waals surface area contributed by atoms with E-state index in [1.807, 2.05) is 31.2 Å². The van der Waals surface area contributed by atoms with E-state index in [2.05, 4.69) is 10.6 Å². The molecule has 0 saturated carbocycles. The first-order valence-corrected chi connectivity index (χ1v) is 6.84. The molecule has 2 N–H and O–H groups in total. The zero-order valence-corrected chi connectivity index (χ0v) is 11.0. The smallest absolute Gasteiger partial charge is 0.224 e. The largest absolute Gasteiger partial charge is 0.326 e. The van der Waals surface area contributed by atoms with Crippen LogP contribution in [0.2, 0.25) is 0 Å². The predicted molar refractivity (Wildman–Crippen MR) is 74.7 cm³/mol. The highest BCUT2D eigenvalue weighted by Crippen LogP contribution is 2.13. The van der Waals surface area contributed by atoms with Gasteiger partial charge in [-0.3, -0.25) is 4.79 Å². The van der Waals surface area contributed by atoms with Gasteiger partial charge in [-0.15, -0.1) is 0 Å². The van der Waals surface area contributed by atoms with Crippen molar-refractivity contribution in [2.75, 3.05) is 11.9 Å². The van der Waals surface area contributed by atoms with Crippen LogP contribution >= 0.6 is 0 Å². The molecule has 98 valence electrons. The zero-order valence-electron chi connectivity index (χ0n) is 11.0. The summed E-state index contributed by atoms with van der Waals surface area (Å²) in [5, 5.41) is 6.41. The highest BCUT2D eigenvalue weighted by Gasteiger charge is 2.13. The normalized spacial score (nSPS) is 19.5. The lowest BCUT2D eigenvalue weighted by molar-refractivity contribution is -0.116. The first-order valence-electron chi connectivity index (χ1n) is 6.84. The number of aryl methyl sites for hydroxylation is 1. The summed E-state index contributed by atoms with van der Waals surface area (Å²) < 4.78 is 0. The third kappa shape index (κ3) is 4.15. The van der Waals surface area contributed by atoms with Crippen LogP contribution in [0, 0.1) is 6.92 Å². The lowest BCUT2D eigenvalue weighted by Gasteiger charge is -2.23. The summed E-state index contributed by atoms with van der Waals surface area (Å²) in [7, 11) is 0. The molecule has 1 aromatic carbocycles. The van der Waals surface area contributed by atoms with Gasteiger partial charge in [0.05, 0.1) is 0 Å². The van der Waals surface area contributed by atoms with Gasteiger partial charge in [0.25, 0.3) is 0 Å². The molecule has 1 atom stereocenters. The SMILES string of the molecule is Cc1ccc(NC(=O)CCC2CCCCN2)cc1. The van der Waals surface area contributed by atoms with E-state index in [1.54, 1.807) is 0 Å². The second-order valence-corrected chi connectivity index (χ2v) is 5.10. The van der Waals surface area contributed by atoms with Crippen molar-refractivity contribution in [1.82, 2.24) is 5.32 Å². The number of hydrogen-bond donors (Lipinski definition) is 2. The fourth-order valence-electron chi connectivity index (χ4n) is 2.34. The molecule has 1 saturated heterocycles. The van der Waals surface area contributed by atoms with Gasteiger partial charge in [-0.1, -0.05) is 24.1 Å². The second-order valence-electron chi connectivity index (χ2n) is 5.10. The van der Waals surface area contributed by atoms with Gasteiger partial charge >= 0.3 is 0 Å². The van der Waals surface area contributed by atoms with Gasteiger partial charge in [0.15, 0.2) is 0 Å². The van der Waals surface area contributed by atoms with E-state index in [4.69, 9.17) is 0 Å². The minimum Gasteiger partial charge on any atom is -0.326 e. The number of carbonyl (C=O) groups is 1. The molecule has 2 rings (SSSR count). The maximum atomic E-state index is 11.8. The molecule has 0 spiro atoms. The van der Waals surface area contributed by atoms with Crippen molar-refractivity contribution in [3.05, 3.63) is 29.8 Å². The summed E-state index contributed by atoms with van der Waals surface area (Å²) >= 11 is 0. The number of amides is 1. The first-order chi connectivity index (χ1) is 8.74. The monoisotopic (exact) mass is 246 g/mol. The fraction of sp³-hybridized carbons (Fsp3) is 0.533. The average Bonchev–Trinajstić information content (AvgIpc) is 2.40. The van der Waals surface area contributed by atoms with E-state index in [0.29, 0.717) is 12.5 Å². The molecule has 0 aromatic heterocycles. The Hall–Kier alpha value is -1.35. The van der Waals surface area contributed by atoms with Crippen LogP contribution in [0.25, 0.3) is 0 Å². The van der Waals surface area contributed by atoms with Crippen LogP contribution in [-0.2, 0) is 4.79 Å². The van der Waals surface area contributed by atoms with Gasteiger partial charge in [-0.25, -0.2) is 0 Å². The number of benzene rings is 1. The molecule has 0 radical (unpaired) electrons. The van der Waals surface area contributed by atoms with Gasteiger partial charge < -0.3 is 10.6 Å². The Labute approximate surface area is 109 Å². The van der Waals surface area contributed by atoms with Crippen LogP contribution in [0.4, 0.5) is 5.69 Å². The average molecular weight is 246 g/mol. The quantitative estimate of drug-likeness (QED) is 0.857. The molecule has 1 fully saturated rings. The Bertz CT molecular complexity index is 380. The van der Waals surface area contributed by atoms with E-state index in [0.717, 1.165) is 18.7 Å². The summed E-state index contributed by atoms with van der Waals surface area (Å²) in [6.07, 6.45) is 5.31. The Morgan fingerprint density at radius 1 is 1.33 bits per heavy atom. The highest BCUT2D eigenvalue weighted by atomic mass is 16.1. The molecular formula is C15H22N2O. The third-order valence-electron chi connectivity index (χ3n) is 3.47. The lowest BCUT2D eigenvalue weighted by Crippen LogP contribution is -2.34. The summed E-state index contributed by atoms with van der Waals surface area (Å²) in [5.41, 5.74) is 2.10. The maximum absolute atomic E-state index is 11.8. The van der Waals surface area contributed by atoms with Gasteiger partial charge in [-0.2, -0.15) is 0 Å². The molecule has 18 heavy (non-hydrogen) atoms. The van der Waals surface area contributed by atoms with Crippen LogP contribution in [0.3, 0.4) is 0 Å². The number of carbonyl (C=O) groups excluding carboxylic acids is 1. The van der Waals surface area contributed by atoms with Crippen molar-refractivity contribution in [2.24, 2.45) is 0 Å². The lowest BCUT2D eigenvalue weighted by atomic mass is 10.0. The van der Waals surface area contributed by atoms with Gasteiger partial charge in [0.2, 0.25) is 5.91 Å². The van der Waals surface area contributed by atoms with Crippen LogP contribution in [0.1, 0.15) is 37.7 Å². The molecule has 1 aromatic rings. The molecular weight excluding hydrogens is 224 g/mol. The van der Waals surface area contributed by atoms with Crippen LogP contribution in [0.5, 0.6) is 0 Å². The number of piperidine rings is 1. The van der Waals surface area contributed by atoms with Crippen LogP contribution in [-0.4, -0.2) is 18.5 Å². The van der Waals surface area contributed by atoms with Crippen molar-refractivity contribution < 1.29 is 4.79 Å². The number of hydrogen-bond acceptors (Lipinski definition) is 2. The highest BCUT2D eigenvalue weighted by molar-refractivity contribution is 5.90. The fourth-order valence-corrected chi connectivity index (χ4v) is 2.34. The number of anilines is 1. The van der Waals surface area contributed by atoms with Crippen molar-refractivity contribution >= 4 is 11.6 Å². The van der Waals surface area contributed by atoms with E-state index >= 15 is 0 Å². The second kappa shape index (κ2) is 6.55. The Morgan fingerprint density at radius 3 is 2.78 bits per heavy atom. The van der Waals surface area contributed by atoms with Gasteiger partial charge in [-0.05, 0) is 44.9 Å².